The highest BCUT2D eigenvalue weighted by Crippen LogP contribution is 2.47. The first-order chi connectivity index (χ1) is 13.5. The Morgan fingerprint density at radius 2 is 1.89 bits per heavy atom. The van der Waals surface area contributed by atoms with Crippen LogP contribution in [0, 0.1) is 5.41 Å². The minimum atomic E-state index is 0.0947. The number of amides is 1. The third kappa shape index (κ3) is 2.74. The van der Waals surface area contributed by atoms with Gasteiger partial charge in [-0.2, -0.15) is 4.98 Å². The summed E-state index contributed by atoms with van der Waals surface area (Å²) >= 11 is 0. The van der Waals surface area contributed by atoms with Crippen LogP contribution in [0.4, 0.5) is 0 Å². The Kier molecular flexibility index (Phi) is 3.87. The fraction of sp³-hybridized carbons (Fsp3) is 0.381. The third-order valence-corrected chi connectivity index (χ3v) is 6.00. The topological polar surface area (TPSA) is 67.4 Å². The second kappa shape index (κ2) is 6.31. The standard InChI is InChI=1S/C21H23N5O2/c1-24-10-6-9-16(24)20(27)26-13-21(14-26)11-17(25(2)12-21)19-22-18(23-28-19)15-7-4-3-5-8-15/h3-10,17H,11-14H2,1-2H3. The Morgan fingerprint density at radius 1 is 1.11 bits per heavy atom. The highest BCUT2D eigenvalue weighted by Gasteiger charge is 2.53. The monoisotopic (exact) mass is 377 g/mol. The van der Waals surface area contributed by atoms with Crippen molar-refractivity contribution < 1.29 is 9.32 Å². The predicted molar refractivity (Wildman–Crippen MR) is 103 cm³/mol. The molecule has 5 rings (SSSR count). The molecule has 4 heterocycles. The average molecular weight is 377 g/mol. The number of aromatic nitrogens is 3. The van der Waals surface area contributed by atoms with Crippen LogP contribution in [0.3, 0.4) is 0 Å². The molecule has 3 aromatic rings. The lowest BCUT2D eigenvalue weighted by molar-refractivity contribution is 0.0107. The summed E-state index contributed by atoms with van der Waals surface area (Å²) in [5.74, 6) is 1.39. The van der Waals surface area contributed by atoms with E-state index in [0.29, 0.717) is 11.7 Å². The molecule has 144 valence electrons. The molecule has 7 heteroatoms. The summed E-state index contributed by atoms with van der Waals surface area (Å²) in [4.78, 5) is 21.5. The maximum absolute atomic E-state index is 12.7. The molecule has 2 aliphatic rings. The molecule has 1 aromatic carbocycles. The summed E-state index contributed by atoms with van der Waals surface area (Å²) in [5, 5.41) is 4.16. The highest BCUT2D eigenvalue weighted by atomic mass is 16.5. The first-order valence-corrected chi connectivity index (χ1v) is 9.55. The van der Waals surface area contributed by atoms with E-state index >= 15 is 0 Å². The van der Waals surface area contributed by atoms with Crippen LogP contribution in [0.2, 0.25) is 0 Å². The molecule has 1 amide bonds. The molecule has 1 spiro atoms. The van der Waals surface area contributed by atoms with Gasteiger partial charge in [0.05, 0.1) is 6.04 Å². The zero-order chi connectivity index (χ0) is 19.3. The minimum Gasteiger partial charge on any atom is -0.347 e. The Labute approximate surface area is 163 Å². The molecule has 2 saturated heterocycles. The van der Waals surface area contributed by atoms with E-state index in [-0.39, 0.29) is 17.4 Å². The number of carbonyl (C=O) groups is 1. The summed E-state index contributed by atoms with van der Waals surface area (Å²) in [6.45, 7) is 2.48. The molecule has 0 aliphatic carbocycles. The van der Waals surface area contributed by atoms with Crippen LogP contribution in [-0.2, 0) is 7.05 Å². The highest BCUT2D eigenvalue weighted by molar-refractivity contribution is 5.93. The Balaban J connectivity index is 1.28. The van der Waals surface area contributed by atoms with Gasteiger partial charge in [0.1, 0.15) is 5.69 Å². The third-order valence-electron chi connectivity index (χ3n) is 6.00. The van der Waals surface area contributed by atoms with Gasteiger partial charge in [-0.25, -0.2) is 0 Å². The number of rotatable bonds is 3. The van der Waals surface area contributed by atoms with Gasteiger partial charge in [-0.05, 0) is 25.6 Å². The number of nitrogens with zero attached hydrogens (tertiary/aromatic N) is 5. The molecule has 1 atom stereocenters. The summed E-state index contributed by atoms with van der Waals surface area (Å²) in [6.07, 6.45) is 2.83. The Bertz CT molecular complexity index is 1000. The molecule has 2 aliphatic heterocycles. The first-order valence-electron chi connectivity index (χ1n) is 9.55. The van der Waals surface area contributed by atoms with Crippen molar-refractivity contribution in [2.45, 2.75) is 12.5 Å². The largest absolute Gasteiger partial charge is 0.347 e. The van der Waals surface area contributed by atoms with E-state index in [1.54, 1.807) is 0 Å². The number of likely N-dealkylation sites (tertiary alicyclic amines) is 2. The van der Waals surface area contributed by atoms with Gasteiger partial charge >= 0.3 is 0 Å². The van der Waals surface area contributed by atoms with Crippen molar-refractivity contribution in [1.29, 1.82) is 0 Å². The van der Waals surface area contributed by atoms with Crippen LogP contribution in [0.25, 0.3) is 11.4 Å². The predicted octanol–water partition coefficient (Wildman–Crippen LogP) is 2.59. The van der Waals surface area contributed by atoms with Gasteiger partial charge < -0.3 is 14.0 Å². The van der Waals surface area contributed by atoms with Crippen LogP contribution in [0.5, 0.6) is 0 Å². The number of benzene rings is 1. The zero-order valence-corrected chi connectivity index (χ0v) is 16.1. The maximum Gasteiger partial charge on any atom is 0.270 e. The average Bonchev–Trinajstić information content (AvgIpc) is 3.39. The second-order valence-corrected chi connectivity index (χ2v) is 8.12. The Morgan fingerprint density at radius 3 is 2.61 bits per heavy atom. The van der Waals surface area contributed by atoms with E-state index in [4.69, 9.17) is 4.52 Å². The van der Waals surface area contributed by atoms with Crippen molar-refractivity contribution in [2.75, 3.05) is 26.7 Å². The summed E-state index contributed by atoms with van der Waals surface area (Å²) < 4.78 is 7.47. The van der Waals surface area contributed by atoms with E-state index < -0.39 is 0 Å². The number of hydrogen-bond donors (Lipinski definition) is 0. The van der Waals surface area contributed by atoms with Crippen molar-refractivity contribution >= 4 is 5.91 Å². The maximum atomic E-state index is 12.7. The first kappa shape index (κ1) is 17.2. The lowest BCUT2D eigenvalue weighted by Crippen LogP contribution is -2.59. The van der Waals surface area contributed by atoms with Gasteiger partial charge in [0.25, 0.3) is 5.91 Å². The van der Waals surface area contributed by atoms with Gasteiger partial charge in [-0.3, -0.25) is 9.69 Å². The van der Waals surface area contributed by atoms with Crippen LogP contribution < -0.4 is 0 Å². The molecular formula is C21H23N5O2. The van der Waals surface area contributed by atoms with Crippen molar-refractivity contribution in [3.63, 3.8) is 0 Å². The van der Waals surface area contributed by atoms with E-state index in [1.807, 2.05) is 65.2 Å². The van der Waals surface area contributed by atoms with Crippen LogP contribution in [0.1, 0.15) is 28.8 Å². The van der Waals surface area contributed by atoms with Crippen LogP contribution in [-0.4, -0.2) is 57.1 Å². The lowest BCUT2D eigenvalue weighted by atomic mass is 9.77. The molecule has 28 heavy (non-hydrogen) atoms. The lowest BCUT2D eigenvalue weighted by Gasteiger charge is -2.48. The molecule has 2 aromatic heterocycles. The number of hydrogen-bond acceptors (Lipinski definition) is 5. The van der Waals surface area contributed by atoms with Crippen LogP contribution >= 0.6 is 0 Å². The zero-order valence-electron chi connectivity index (χ0n) is 16.1. The molecule has 0 radical (unpaired) electrons. The molecule has 0 bridgehead atoms. The SMILES string of the molecule is CN1CC2(CC1c1nc(-c3ccccc3)no1)CN(C(=O)c1cccn1C)C2. The van der Waals surface area contributed by atoms with E-state index in [9.17, 15) is 4.79 Å². The number of aryl methyl sites for hydroxylation is 1. The van der Waals surface area contributed by atoms with Crippen LogP contribution in [0.15, 0.2) is 53.2 Å². The minimum absolute atomic E-state index is 0.0947. The fourth-order valence-corrected chi connectivity index (χ4v) is 4.60. The summed E-state index contributed by atoms with van der Waals surface area (Å²) in [5.41, 5.74) is 1.81. The quantitative estimate of drug-likeness (QED) is 0.702. The molecule has 0 N–H and O–H groups in total. The van der Waals surface area contributed by atoms with Gasteiger partial charge in [0.15, 0.2) is 0 Å². The van der Waals surface area contributed by atoms with Gasteiger partial charge in [0, 0.05) is 43.9 Å². The summed E-state index contributed by atoms with van der Waals surface area (Å²) in [6, 6.07) is 13.7. The Hall–Kier alpha value is -2.93. The van der Waals surface area contributed by atoms with E-state index in [0.717, 1.165) is 37.3 Å². The van der Waals surface area contributed by atoms with Gasteiger partial charge in [0.2, 0.25) is 11.7 Å². The van der Waals surface area contributed by atoms with Gasteiger partial charge in [-0.1, -0.05) is 35.5 Å². The number of carbonyl (C=O) groups excluding carboxylic acids is 1. The summed E-state index contributed by atoms with van der Waals surface area (Å²) in [7, 11) is 4.00. The smallest absolute Gasteiger partial charge is 0.270 e. The molecular weight excluding hydrogens is 354 g/mol. The van der Waals surface area contributed by atoms with Gasteiger partial charge in [-0.15, -0.1) is 0 Å². The fourth-order valence-electron chi connectivity index (χ4n) is 4.60. The van der Waals surface area contributed by atoms with Crippen molar-refractivity contribution in [2.24, 2.45) is 12.5 Å². The van der Waals surface area contributed by atoms with Crippen molar-refractivity contribution in [3.8, 4) is 11.4 Å². The molecule has 2 fully saturated rings. The van der Waals surface area contributed by atoms with Crippen molar-refractivity contribution in [3.05, 3.63) is 60.2 Å². The normalized spacial score (nSPS) is 21.2. The van der Waals surface area contributed by atoms with E-state index in [1.165, 1.54) is 0 Å². The molecule has 1 unspecified atom stereocenters. The van der Waals surface area contributed by atoms with E-state index in [2.05, 4.69) is 22.1 Å². The second-order valence-electron chi connectivity index (χ2n) is 8.12. The molecule has 0 saturated carbocycles. The van der Waals surface area contributed by atoms with Crippen molar-refractivity contribution in [1.82, 2.24) is 24.5 Å². The molecule has 7 nitrogen and oxygen atoms in total.